The normalized spacial score (nSPS) is 22.8. The van der Waals surface area contributed by atoms with Crippen LogP contribution in [0.3, 0.4) is 0 Å². The maximum absolute atomic E-state index is 9.57. The van der Waals surface area contributed by atoms with Crippen LogP contribution in [0.2, 0.25) is 5.32 Å². The molecule has 2 heteroatoms. The number of fused-ring (bicyclic) bond motifs is 1. The van der Waals surface area contributed by atoms with Gasteiger partial charge in [-0.2, -0.15) is 0 Å². The fraction of sp³-hybridized carbons (Fsp3) is 0.333. The van der Waals surface area contributed by atoms with Crippen LogP contribution in [0, 0.1) is 0 Å². The molecule has 1 unspecified atom stereocenters. The molecule has 0 radical (unpaired) electrons. The van der Waals surface area contributed by atoms with Crippen LogP contribution in [0.5, 0.6) is 0 Å². The van der Waals surface area contributed by atoms with Crippen LogP contribution in [0.4, 0.5) is 0 Å². The minimum absolute atomic E-state index is 0.193. The van der Waals surface area contributed by atoms with E-state index in [0.29, 0.717) is 15.0 Å². The first-order chi connectivity index (χ1) is 5.38. The van der Waals surface area contributed by atoms with Crippen molar-refractivity contribution >= 4 is 19.4 Å². The topological polar surface area (TPSA) is 20.2 Å². The van der Waals surface area contributed by atoms with E-state index in [0.717, 1.165) is 6.42 Å². The molecular formula is C9H10OSe. The summed E-state index contributed by atoms with van der Waals surface area (Å²) in [7, 11) is 0. The zero-order chi connectivity index (χ0) is 7.68. The van der Waals surface area contributed by atoms with Crippen LogP contribution in [0.15, 0.2) is 24.3 Å². The fourth-order valence-corrected chi connectivity index (χ4v) is 3.64. The summed E-state index contributed by atoms with van der Waals surface area (Å²) in [6.45, 7) is 0. The Labute approximate surface area is 72.6 Å². The van der Waals surface area contributed by atoms with Gasteiger partial charge in [-0.15, -0.1) is 0 Å². The molecule has 0 saturated heterocycles. The maximum atomic E-state index is 9.57. The Bertz CT molecular complexity index is 259. The molecule has 1 nitrogen and oxygen atoms in total. The number of aliphatic hydroxyl groups excluding tert-OH is 1. The second-order valence-corrected chi connectivity index (χ2v) is 5.08. The van der Waals surface area contributed by atoms with Gasteiger partial charge in [-0.25, -0.2) is 0 Å². The Balaban J connectivity index is 2.44. The van der Waals surface area contributed by atoms with E-state index in [1.54, 1.807) is 0 Å². The molecule has 1 aliphatic rings. The second-order valence-electron chi connectivity index (χ2n) is 2.69. The monoisotopic (exact) mass is 214 g/mol. The quantitative estimate of drug-likeness (QED) is 0.634. The van der Waals surface area contributed by atoms with Gasteiger partial charge in [0.05, 0.1) is 0 Å². The van der Waals surface area contributed by atoms with E-state index < -0.39 is 0 Å². The Kier molecular flexibility index (Phi) is 1.99. The van der Waals surface area contributed by atoms with Crippen LogP contribution in [0.1, 0.15) is 18.1 Å². The van der Waals surface area contributed by atoms with E-state index in [9.17, 15) is 5.11 Å². The van der Waals surface area contributed by atoms with Crippen LogP contribution >= 0.6 is 0 Å². The van der Waals surface area contributed by atoms with Crippen LogP contribution in [-0.2, 0) is 0 Å². The number of hydrogen-bond acceptors (Lipinski definition) is 1. The molecule has 1 aromatic rings. The first-order valence-electron chi connectivity index (χ1n) is 3.78. The van der Waals surface area contributed by atoms with E-state index in [-0.39, 0.29) is 6.10 Å². The number of hydrogen-bond donors (Lipinski definition) is 1. The van der Waals surface area contributed by atoms with Crippen molar-refractivity contribution in [3.8, 4) is 0 Å². The van der Waals surface area contributed by atoms with Crippen LogP contribution in [-0.4, -0.2) is 20.1 Å². The third-order valence-electron chi connectivity index (χ3n) is 1.93. The Hall–Kier alpha value is -0.301. The SMILES string of the molecule is OC1CC[Se]c2ccccc21. The molecule has 0 amide bonds. The van der Waals surface area contributed by atoms with Gasteiger partial charge in [0.2, 0.25) is 0 Å². The van der Waals surface area contributed by atoms with E-state index in [4.69, 9.17) is 0 Å². The molecule has 0 aliphatic carbocycles. The zero-order valence-electron chi connectivity index (χ0n) is 6.16. The predicted molar refractivity (Wildman–Crippen MR) is 46.2 cm³/mol. The molecule has 1 atom stereocenters. The number of benzene rings is 1. The molecule has 0 spiro atoms. The van der Waals surface area contributed by atoms with Gasteiger partial charge in [0.15, 0.2) is 0 Å². The molecule has 11 heavy (non-hydrogen) atoms. The van der Waals surface area contributed by atoms with E-state index in [2.05, 4.69) is 12.1 Å². The van der Waals surface area contributed by atoms with Crippen LogP contribution in [0.25, 0.3) is 0 Å². The van der Waals surface area contributed by atoms with Crippen molar-refractivity contribution in [2.45, 2.75) is 17.8 Å². The summed E-state index contributed by atoms with van der Waals surface area (Å²) < 4.78 is 1.39. The molecule has 1 aromatic carbocycles. The zero-order valence-corrected chi connectivity index (χ0v) is 7.87. The molecule has 1 heterocycles. The molecule has 1 N–H and O–H groups in total. The van der Waals surface area contributed by atoms with Crippen molar-refractivity contribution < 1.29 is 5.11 Å². The van der Waals surface area contributed by atoms with E-state index in [1.165, 1.54) is 15.3 Å². The predicted octanol–water partition coefficient (Wildman–Crippen LogP) is 0.872. The average Bonchev–Trinajstić information content (AvgIpc) is 2.06. The first kappa shape index (κ1) is 7.35. The van der Waals surface area contributed by atoms with Gasteiger partial charge in [0.25, 0.3) is 0 Å². The Morgan fingerprint density at radius 1 is 1.36 bits per heavy atom. The molecule has 58 valence electrons. The summed E-state index contributed by atoms with van der Waals surface area (Å²) in [5.74, 6) is 0. The van der Waals surface area contributed by atoms with Crippen molar-refractivity contribution in [2.75, 3.05) is 0 Å². The van der Waals surface area contributed by atoms with Gasteiger partial charge >= 0.3 is 72.2 Å². The van der Waals surface area contributed by atoms with E-state index >= 15 is 0 Å². The van der Waals surface area contributed by atoms with Gasteiger partial charge in [0, 0.05) is 0 Å². The first-order valence-corrected chi connectivity index (χ1v) is 5.84. The van der Waals surface area contributed by atoms with Gasteiger partial charge < -0.3 is 0 Å². The van der Waals surface area contributed by atoms with Crippen molar-refractivity contribution in [1.82, 2.24) is 0 Å². The Morgan fingerprint density at radius 2 is 2.18 bits per heavy atom. The third kappa shape index (κ3) is 1.34. The van der Waals surface area contributed by atoms with Gasteiger partial charge in [0.1, 0.15) is 0 Å². The number of aliphatic hydroxyl groups is 1. The number of rotatable bonds is 0. The van der Waals surface area contributed by atoms with Gasteiger partial charge in [-0.05, 0) is 0 Å². The molecule has 2 rings (SSSR count). The molecule has 0 saturated carbocycles. The fourth-order valence-electron chi connectivity index (χ4n) is 1.32. The van der Waals surface area contributed by atoms with Crippen molar-refractivity contribution in [2.24, 2.45) is 0 Å². The third-order valence-corrected chi connectivity index (χ3v) is 4.28. The molecule has 0 fully saturated rings. The summed E-state index contributed by atoms with van der Waals surface area (Å²) in [4.78, 5) is 0. The summed E-state index contributed by atoms with van der Waals surface area (Å²) >= 11 is 0.607. The molecular weight excluding hydrogens is 203 g/mol. The standard InChI is InChI=1S/C9H10OSe/c10-8-5-6-11-9-4-2-1-3-7(8)9/h1-4,8,10H,5-6H2. The van der Waals surface area contributed by atoms with E-state index in [1.807, 2.05) is 12.1 Å². The van der Waals surface area contributed by atoms with Gasteiger partial charge in [-0.3, -0.25) is 0 Å². The summed E-state index contributed by atoms with van der Waals surface area (Å²) in [5, 5.41) is 10.8. The van der Waals surface area contributed by atoms with Crippen LogP contribution < -0.4 is 4.46 Å². The summed E-state index contributed by atoms with van der Waals surface area (Å²) in [6.07, 6.45) is 0.763. The summed E-state index contributed by atoms with van der Waals surface area (Å²) in [6, 6.07) is 8.24. The minimum atomic E-state index is -0.193. The van der Waals surface area contributed by atoms with Crippen molar-refractivity contribution in [3.05, 3.63) is 29.8 Å². The van der Waals surface area contributed by atoms with Gasteiger partial charge in [-0.1, -0.05) is 0 Å². The second kappa shape index (κ2) is 2.98. The average molecular weight is 213 g/mol. The molecule has 0 bridgehead atoms. The van der Waals surface area contributed by atoms with Crippen molar-refractivity contribution in [1.29, 1.82) is 0 Å². The molecule has 0 aromatic heterocycles. The molecule has 1 aliphatic heterocycles. The summed E-state index contributed by atoms with van der Waals surface area (Å²) in [5.41, 5.74) is 1.17. The van der Waals surface area contributed by atoms with Crippen molar-refractivity contribution in [3.63, 3.8) is 0 Å². The Morgan fingerprint density at radius 3 is 3.00 bits per heavy atom.